The van der Waals surface area contributed by atoms with Crippen molar-refractivity contribution >= 4 is 27.4 Å². The molecule has 45 heavy (non-hydrogen) atoms. The summed E-state index contributed by atoms with van der Waals surface area (Å²) < 4.78 is 2.50. The van der Waals surface area contributed by atoms with E-state index in [2.05, 4.69) is 170 Å². The van der Waals surface area contributed by atoms with Crippen molar-refractivity contribution in [3.63, 3.8) is 0 Å². The zero-order chi connectivity index (χ0) is 30.3. The van der Waals surface area contributed by atoms with Crippen LogP contribution in [0.4, 0.5) is 0 Å². The minimum Gasteiger partial charge on any atom is -0.309 e. The third-order valence-electron chi connectivity index (χ3n) is 9.34. The van der Waals surface area contributed by atoms with Crippen LogP contribution in [-0.4, -0.2) is 4.57 Å². The highest BCUT2D eigenvalue weighted by Crippen LogP contribution is 2.41. The third-order valence-corrected chi connectivity index (χ3v) is 9.34. The van der Waals surface area contributed by atoms with E-state index in [9.17, 15) is 0 Å². The van der Waals surface area contributed by atoms with Crippen LogP contribution in [0.5, 0.6) is 0 Å². The summed E-state index contributed by atoms with van der Waals surface area (Å²) in [4.78, 5) is 0. The number of benzene rings is 6. The largest absolute Gasteiger partial charge is 0.309 e. The lowest BCUT2D eigenvalue weighted by atomic mass is 9.91. The van der Waals surface area contributed by atoms with E-state index in [1.165, 1.54) is 83.1 Å². The summed E-state index contributed by atoms with van der Waals surface area (Å²) in [5, 5.41) is 2.56. The first-order valence-corrected chi connectivity index (χ1v) is 15.9. The van der Waals surface area contributed by atoms with Crippen molar-refractivity contribution in [2.45, 2.75) is 26.7 Å². The molecule has 0 saturated carbocycles. The minimum atomic E-state index is 1.08. The van der Waals surface area contributed by atoms with Gasteiger partial charge in [0.1, 0.15) is 0 Å². The van der Waals surface area contributed by atoms with E-state index in [-0.39, 0.29) is 0 Å². The summed E-state index contributed by atoms with van der Waals surface area (Å²) in [5.74, 6) is 0. The van der Waals surface area contributed by atoms with Crippen LogP contribution in [0.15, 0.2) is 152 Å². The predicted molar refractivity (Wildman–Crippen MR) is 193 cm³/mol. The van der Waals surface area contributed by atoms with Gasteiger partial charge in [-0.2, -0.15) is 0 Å². The van der Waals surface area contributed by atoms with Crippen molar-refractivity contribution in [3.8, 4) is 39.1 Å². The fraction of sp³-hybridized carbons (Fsp3) is 0.0909. The second-order valence-electron chi connectivity index (χ2n) is 12.2. The quantitative estimate of drug-likeness (QED) is 0.192. The average molecular weight is 578 g/mol. The number of aromatic nitrogens is 1. The SMILES string of the molecule is Cc1ccc(-c2ccccc2)cc1-c1ccc2c3ccccc3n(-c3cc(C4=CCCC=C4)cc(-c4ccccc4)c3)c2c1C. The Bertz CT molecular complexity index is 2260. The van der Waals surface area contributed by atoms with Crippen LogP contribution in [0.3, 0.4) is 0 Å². The summed E-state index contributed by atoms with van der Waals surface area (Å²) in [6.45, 7) is 4.53. The predicted octanol–water partition coefficient (Wildman–Crippen LogP) is 12.1. The molecule has 8 rings (SSSR count). The molecule has 0 unspecified atom stereocenters. The molecule has 7 aromatic rings. The Hall–Kier alpha value is -5.40. The number of hydrogen-bond donors (Lipinski definition) is 0. The van der Waals surface area contributed by atoms with Crippen molar-refractivity contribution in [2.24, 2.45) is 0 Å². The standard InChI is InChI=1S/C44H35N/c1-30-22-23-35(32-14-6-3-7-15-32)29-42(30)39-24-25-41-40-20-12-13-21-43(40)45(44(41)31(39)2)38-27-36(33-16-8-4-9-17-33)26-37(28-38)34-18-10-5-11-19-34/h3-4,6-10,12-29H,5,11H2,1-2H3. The number of nitrogens with zero attached hydrogens (tertiary/aromatic N) is 1. The molecule has 0 saturated heterocycles. The first-order chi connectivity index (χ1) is 22.2. The zero-order valence-corrected chi connectivity index (χ0v) is 25.8. The van der Waals surface area contributed by atoms with Crippen LogP contribution < -0.4 is 0 Å². The summed E-state index contributed by atoms with van der Waals surface area (Å²) in [5.41, 5.74) is 16.3. The first kappa shape index (κ1) is 27.2. The van der Waals surface area contributed by atoms with Crippen LogP contribution in [0.1, 0.15) is 29.5 Å². The molecule has 0 fully saturated rings. The van der Waals surface area contributed by atoms with Crippen molar-refractivity contribution in [2.75, 3.05) is 0 Å². The number of fused-ring (bicyclic) bond motifs is 3. The van der Waals surface area contributed by atoms with E-state index in [0.29, 0.717) is 0 Å². The highest BCUT2D eigenvalue weighted by molar-refractivity contribution is 6.12. The maximum atomic E-state index is 2.50. The van der Waals surface area contributed by atoms with Crippen LogP contribution >= 0.6 is 0 Å². The fourth-order valence-corrected chi connectivity index (χ4v) is 7.04. The number of aryl methyl sites for hydroxylation is 2. The summed E-state index contributed by atoms with van der Waals surface area (Å²) in [7, 11) is 0. The molecule has 1 aliphatic rings. The molecule has 216 valence electrons. The highest BCUT2D eigenvalue weighted by atomic mass is 15.0. The summed E-state index contributed by atoms with van der Waals surface area (Å²) in [6, 6.07) is 48.9. The van der Waals surface area contributed by atoms with Gasteiger partial charge in [-0.05, 0) is 113 Å². The number of rotatable bonds is 5. The molecule has 0 spiro atoms. The molecule has 6 aromatic carbocycles. The Morgan fingerprint density at radius 3 is 1.98 bits per heavy atom. The smallest absolute Gasteiger partial charge is 0.0576 e. The van der Waals surface area contributed by atoms with Gasteiger partial charge in [0.2, 0.25) is 0 Å². The van der Waals surface area contributed by atoms with E-state index in [1.54, 1.807) is 0 Å². The molecule has 1 heterocycles. The summed E-state index contributed by atoms with van der Waals surface area (Å²) in [6.07, 6.45) is 9.15. The molecule has 1 heteroatoms. The molecule has 1 aliphatic carbocycles. The molecular formula is C44H35N. The van der Waals surface area contributed by atoms with Crippen LogP contribution in [0.2, 0.25) is 0 Å². The van der Waals surface area contributed by atoms with Crippen molar-refractivity contribution in [3.05, 3.63) is 168 Å². The van der Waals surface area contributed by atoms with Crippen molar-refractivity contribution in [1.29, 1.82) is 0 Å². The number of hydrogen-bond acceptors (Lipinski definition) is 0. The molecule has 0 bridgehead atoms. The average Bonchev–Trinajstić information content (AvgIpc) is 3.45. The molecule has 1 aromatic heterocycles. The van der Waals surface area contributed by atoms with Crippen LogP contribution in [-0.2, 0) is 0 Å². The Morgan fingerprint density at radius 1 is 0.511 bits per heavy atom. The van der Waals surface area contributed by atoms with Crippen molar-refractivity contribution in [1.82, 2.24) is 4.57 Å². The Labute approximate surface area is 265 Å². The van der Waals surface area contributed by atoms with Gasteiger partial charge >= 0.3 is 0 Å². The maximum Gasteiger partial charge on any atom is 0.0576 e. The molecular weight excluding hydrogens is 542 g/mol. The van der Waals surface area contributed by atoms with Gasteiger partial charge in [0.15, 0.2) is 0 Å². The lowest BCUT2D eigenvalue weighted by molar-refractivity contribution is 1.04. The Kier molecular flexibility index (Phi) is 6.80. The fourth-order valence-electron chi connectivity index (χ4n) is 7.04. The molecule has 0 radical (unpaired) electrons. The van der Waals surface area contributed by atoms with E-state index in [1.807, 2.05) is 0 Å². The molecule has 0 N–H and O–H groups in total. The van der Waals surface area contributed by atoms with E-state index in [4.69, 9.17) is 0 Å². The Balaban J connectivity index is 1.41. The normalized spacial score (nSPS) is 13.0. The van der Waals surface area contributed by atoms with Gasteiger partial charge in [-0.3, -0.25) is 0 Å². The third kappa shape index (κ3) is 4.82. The van der Waals surface area contributed by atoms with Gasteiger partial charge in [0, 0.05) is 16.5 Å². The molecule has 0 amide bonds. The molecule has 0 atom stereocenters. The second-order valence-corrected chi connectivity index (χ2v) is 12.2. The second kappa shape index (κ2) is 11.3. The van der Waals surface area contributed by atoms with Gasteiger partial charge < -0.3 is 4.57 Å². The van der Waals surface area contributed by atoms with Crippen LogP contribution in [0.25, 0.3) is 66.4 Å². The lowest BCUT2D eigenvalue weighted by Crippen LogP contribution is -1.99. The minimum absolute atomic E-state index is 1.08. The Morgan fingerprint density at radius 2 is 1.22 bits per heavy atom. The van der Waals surface area contributed by atoms with Gasteiger partial charge in [-0.1, -0.05) is 121 Å². The number of para-hydroxylation sites is 1. The van der Waals surface area contributed by atoms with E-state index < -0.39 is 0 Å². The number of allylic oxidation sites excluding steroid dienone is 4. The molecule has 0 aliphatic heterocycles. The van der Waals surface area contributed by atoms with E-state index in [0.717, 1.165) is 12.8 Å². The monoisotopic (exact) mass is 577 g/mol. The van der Waals surface area contributed by atoms with Gasteiger partial charge in [0.25, 0.3) is 0 Å². The van der Waals surface area contributed by atoms with Crippen molar-refractivity contribution < 1.29 is 0 Å². The topological polar surface area (TPSA) is 4.93 Å². The van der Waals surface area contributed by atoms with Crippen LogP contribution in [0, 0.1) is 13.8 Å². The summed E-state index contributed by atoms with van der Waals surface area (Å²) >= 11 is 0. The maximum absolute atomic E-state index is 2.50. The first-order valence-electron chi connectivity index (χ1n) is 15.9. The highest BCUT2D eigenvalue weighted by Gasteiger charge is 2.19. The molecule has 1 nitrogen and oxygen atoms in total. The van der Waals surface area contributed by atoms with Gasteiger partial charge in [0.05, 0.1) is 11.0 Å². The lowest BCUT2D eigenvalue weighted by Gasteiger charge is -2.18. The van der Waals surface area contributed by atoms with E-state index >= 15 is 0 Å². The van der Waals surface area contributed by atoms with Gasteiger partial charge in [-0.25, -0.2) is 0 Å². The van der Waals surface area contributed by atoms with Gasteiger partial charge in [-0.15, -0.1) is 0 Å². The zero-order valence-electron chi connectivity index (χ0n) is 25.8.